The van der Waals surface area contributed by atoms with Crippen molar-refractivity contribution in [1.29, 1.82) is 0 Å². The number of hydrogen-bond donors (Lipinski definition) is 0. The van der Waals surface area contributed by atoms with Crippen LogP contribution >= 0.6 is 0 Å². The SMILES string of the molecule is Cc1noc(C2CCN(C(=O)c3ccn(C)n3)CCN2S(C)(=O)=O)n1. The molecular formula is C14H20N6O4S. The largest absolute Gasteiger partial charge is 0.338 e. The summed E-state index contributed by atoms with van der Waals surface area (Å²) in [5.41, 5.74) is 0.334. The second kappa shape index (κ2) is 6.56. The predicted molar refractivity (Wildman–Crippen MR) is 87.1 cm³/mol. The van der Waals surface area contributed by atoms with Crippen LogP contribution in [0, 0.1) is 6.92 Å². The Morgan fingerprint density at radius 1 is 1.32 bits per heavy atom. The number of nitrogens with zero attached hydrogens (tertiary/aromatic N) is 6. The zero-order valence-electron chi connectivity index (χ0n) is 14.3. The lowest BCUT2D eigenvalue weighted by Gasteiger charge is -2.24. The molecular weight excluding hydrogens is 348 g/mol. The third kappa shape index (κ3) is 3.71. The zero-order valence-corrected chi connectivity index (χ0v) is 15.1. The van der Waals surface area contributed by atoms with Crippen molar-refractivity contribution in [3.8, 4) is 0 Å². The average Bonchev–Trinajstić information content (AvgIpc) is 3.07. The van der Waals surface area contributed by atoms with Gasteiger partial charge in [-0.15, -0.1) is 0 Å². The number of sulfonamides is 1. The first-order chi connectivity index (χ1) is 11.8. The summed E-state index contributed by atoms with van der Waals surface area (Å²) in [6, 6.07) is 1.05. The van der Waals surface area contributed by atoms with E-state index in [2.05, 4.69) is 15.2 Å². The summed E-state index contributed by atoms with van der Waals surface area (Å²) in [5.74, 6) is 0.459. The summed E-state index contributed by atoms with van der Waals surface area (Å²) in [6.07, 6.45) is 3.20. The zero-order chi connectivity index (χ0) is 18.2. The summed E-state index contributed by atoms with van der Waals surface area (Å²) in [6.45, 7) is 2.47. The Bertz CT molecular complexity index is 874. The van der Waals surface area contributed by atoms with Crippen molar-refractivity contribution in [2.45, 2.75) is 19.4 Å². The lowest BCUT2D eigenvalue weighted by molar-refractivity contribution is 0.0757. The second-order valence-electron chi connectivity index (χ2n) is 6.02. The van der Waals surface area contributed by atoms with E-state index in [0.717, 1.165) is 6.26 Å². The Hall–Kier alpha value is -2.27. The molecule has 1 aliphatic heterocycles. The first kappa shape index (κ1) is 17.5. The topological polar surface area (TPSA) is 114 Å². The van der Waals surface area contributed by atoms with Crippen LogP contribution in [0.25, 0.3) is 0 Å². The van der Waals surface area contributed by atoms with Crippen molar-refractivity contribution in [3.05, 3.63) is 29.7 Å². The molecule has 1 fully saturated rings. The molecule has 1 amide bonds. The Balaban J connectivity index is 1.85. The molecule has 0 saturated carbocycles. The Morgan fingerprint density at radius 3 is 2.64 bits per heavy atom. The fourth-order valence-electron chi connectivity index (χ4n) is 2.90. The van der Waals surface area contributed by atoms with Crippen molar-refractivity contribution < 1.29 is 17.7 Å². The van der Waals surface area contributed by atoms with E-state index in [1.807, 2.05) is 0 Å². The highest BCUT2D eigenvalue weighted by atomic mass is 32.2. The molecule has 3 rings (SSSR count). The molecule has 0 N–H and O–H groups in total. The lowest BCUT2D eigenvalue weighted by Crippen LogP contribution is -2.38. The van der Waals surface area contributed by atoms with Gasteiger partial charge in [0.25, 0.3) is 5.91 Å². The smallest absolute Gasteiger partial charge is 0.274 e. The molecule has 1 atom stereocenters. The molecule has 25 heavy (non-hydrogen) atoms. The van der Waals surface area contributed by atoms with E-state index in [0.29, 0.717) is 24.5 Å². The number of aromatic nitrogens is 4. The van der Waals surface area contributed by atoms with Gasteiger partial charge in [-0.25, -0.2) is 8.42 Å². The maximum Gasteiger partial charge on any atom is 0.274 e. The molecule has 0 aromatic carbocycles. The lowest BCUT2D eigenvalue weighted by atomic mass is 10.2. The monoisotopic (exact) mass is 368 g/mol. The molecule has 10 nitrogen and oxygen atoms in total. The minimum atomic E-state index is -3.50. The fourth-order valence-corrected chi connectivity index (χ4v) is 3.97. The quantitative estimate of drug-likeness (QED) is 0.746. The highest BCUT2D eigenvalue weighted by Gasteiger charge is 2.36. The molecule has 0 radical (unpaired) electrons. The van der Waals surface area contributed by atoms with Crippen LogP contribution in [0.2, 0.25) is 0 Å². The van der Waals surface area contributed by atoms with Gasteiger partial charge in [0.15, 0.2) is 5.82 Å². The highest BCUT2D eigenvalue weighted by Crippen LogP contribution is 2.28. The average molecular weight is 368 g/mol. The number of amides is 1. The van der Waals surface area contributed by atoms with E-state index in [4.69, 9.17) is 4.52 Å². The number of hydrogen-bond acceptors (Lipinski definition) is 7. The van der Waals surface area contributed by atoms with Gasteiger partial charge >= 0.3 is 0 Å². The van der Waals surface area contributed by atoms with E-state index >= 15 is 0 Å². The molecule has 2 aromatic heterocycles. The van der Waals surface area contributed by atoms with E-state index in [1.165, 1.54) is 4.31 Å². The van der Waals surface area contributed by atoms with Crippen LogP contribution in [0.1, 0.15) is 34.7 Å². The van der Waals surface area contributed by atoms with Gasteiger partial charge in [0.2, 0.25) is 15.9 Å². The first-order valence-electron chi connectivity index (χ1n) is 7.81. The van der Waals surface area contributed by atoms with Gasteiger partial charge in [-0.05, 0) is 19.4 Å². The number of aryl methyl sites for hydroxylation is 2. The Labute approximate surface area is 145 Å². The van der Waals surface area contributed by atoms with Crippen LogP contribution in [0.15, 0.2) is 16.8 Å². The summed E-state index contributed by atoms with van der Waals surface area (Å²) in [7, 11) is -1.76. The van der Waals surface area contributed by atoms with Crippen molar-refractivity contribution in [3.63, 3.8) is 0 Å². The molecule has 0 bridgehead atoms. The third-order valence-electron chi connectivity index (χ3n) is 4.08. The third-order valence-corrected chi connectivity index (χ3v) is 5.37. The molecule has 1 unspecified atom stereocenters. The van der Waals surface area contributed by atoms with E-state index in [1.54, 1.807) is 35.8 Å². The van der Waals surface area contributed by atoms with Gasteiger partial charge in [0, 0.05) is 32.9 Å². The first-order valence-corrected chi connectivity index (χ1v) is 9.66. The highest BCUT2D eigenvalue weighted by molar-refractivity contribution is 7.88. The minimum Gasteiger partial charge on any atom is -0.338 e. The predicted octanol–water partition coefficient (Wildman–Crippen LogP) is -0.0397. The summed E-state index contributed by atoms with van der Waals surface area (Å²) < 4.78 is 32.4. The number of carbonyl (C=O) groups excluding carboxylic acids is 1. The second-order valence-corrected chi connectivity index (χ2v) is 7.96. The van der Waals surface area contributed by atoms with E-state index in [9.17, 15) is 13.2 Å². The fraction of sp³-hybridized carbons (Fsp3) is 0.571. The van der Waals surface area contributed by atoms with Crippen molar-refractivity contribution in [2.24, 2.45) is 7.05 Å². The van der Waals surface area contributed by atoms with Gasteiger partial charge in [0.1, 0.15) is 11.7 Å². The van der Waals surface area contributed by atoms with Crippen LogP contribution in [-0.2, 0) is 17.1 Å². The number of rotatable bonds is 3. The Kier molecular flexibility index (Phi) is 4.60. The molecule has 2 aromatic rings. The van der Waals surface area contributed by atoms with Crippen molar-refractivity contribution >= 4 is 15.9 Å². The van der Waals surface area contributed by atoms with Gasteiger partial charge in [-0.1, -0.05) is 5.16 Å². The summed E-state index contributed by atoms with van der Waals surface area (Å²) >= 11 is 0. The van der Waals surface area contributed by atoms with Gasteiger partial charge in [0.05, 0.1) is 6.26 Å². The maximum atomic E-state index is 12.6. The summed E-state index contributed by atoms with van der Waals surface area (Å²) in [4.78, 5) is 18.4. The van der Waals surface area contributed by atoms with Crippen molar-refractivity contribution in [2.75, 3.05) is 25.9 Å². The summed E-state index contributed by atoms with van der Waals surface area (Å²) in [5, 5.41) is 7.86. The van der Waals surface area contributed by atoms with Crippen LogP contribution in [0.4, 0.5) is 0 Å². The van der Waals surface area contributed by atoms with Crippen LogP contribution in [0.5, 0.6) is 0 Å². The molecule has 0 spiro atoms. The van der Waals surface area contributed by atoms with E-state index in [-0.39, 0.29) is 24.9 Å². The number of carbonyl (C=O) groups is 1. The standard InChI is InChI=1S/C14H20N6O4S/c1-10-15-13(24-17-10)12-5-7-19(8-9-20(12)25(3,22)23)14(21)11-4-6-18(2)16-11/h4,6,12H,5,7-9H2,1-3H3. The molecule has 1 aliphatic rings. The molecule has 136 valence electrons. The van der Waals surface area contributed by atoms with Crippen molar-refractivity contribution in [1.82, 2.24) is 29.1 Å². The molecule has 1 saturated heterocycles. The maximum absolute atomic E-state index is 12.6. The van der Waals surface area contributed by atoms with Crippen LogP contribution < -0.4 is 0 Å². The molecule has 3 heterocycles. The van der Waals surface area contributed by atoms with Crippen LogP contribution in [-0.4, -0.2) is 69.3 Å². The van der Waals surface area contributed by atoms with Gasteiger partial charge in [-0.2, -0.15) is 14.4 Å². The van der Waals surface area contributed by atoms with E-state index < -0.39 is 16.1 Å². The Morgan fingerprint density at radius 2 is 2.08 bits per heavy atom. The molecule has 11 heteroatoms. The molecule has 0 aliphatic carbocycles. The van der Waals surface area contributed by atoms with Gasteiger partial charge in [-0.3, -0.25) is 9.48 Å². The normalized spacial score (nSPS) is 19.8. The minimum absolute atomic E-state index is 0.156. The van der Waals surface area contributed by atoms with Gasteiger partial charge < -0.3 is 9.42 Å². The van der Waals surface area contributed by atoms with Crippen LogP contribution in [0.3, 0.4) is 0 Å².